The van der Waals surface area contributed by atoms with Crippen LogP contribution in [0.5, 0.6) is 0 Å². The topological polar surface area (TPSA) is 73.5 Å². The summed E-state index contributed by atoms with van der Waals surface area (Å²) >= 11 is 0. The number of aliphatic imine (C=N–C) groups is 1. The molecule has 6 heteroatoms. The van der Waals surface area contributed by atoms with Gasteiger partial charge in [-0.3, -0.25) is 20.6 Å². The molecule has 1 rings (SSSR count). The molecule has 0 amide bonds. The summed E-state index contributed by atoms with van der Waals surface area (Å²) in [6.45, 7) is 15.4. The van der Waals surface area contributed by atoms with E-state index in [2.05, 4.69) is 81.2 Å². The van der Waals surface area contributed by atoms with Crippen molar-refractivity contribution >= 4 is 24.8 Å². The monoisotopic (exact) mass is 533 g/mol. The average Bonchev–Trinajstić information content (AvgIpc) is 2.84. The Morgan fingerprint density at radius 2 is 1.24 bits per heavy atom. The van der Waals surface area contributed by atoms with Crippen molar-refractivity contribution in [3.63, 3.8) is 0 Å². The van der Waals surface area contributed by atoms with E-state index in [1.807, 2.05) is 12.1 Å². The summed E-state index contributed by atoms with van der Waals surface area (Å²) in [5.41, 5.74) is 2.18. The van der Waals surface area contributed by atoms with Crippen molar-refractivity contribution in [3.05, 3.63) is 29.8 Å². The van der Waals surface area contributed by atoms with Crippen molar-refractivity contribution in [2.75, 3.05) is 25.0 Å². The second kappa shape index (κ2) is 19.5. The molecule has 0 saturated carbocycles. The molecule has 0 radical (unpaired) electrons. The molecule has 0 aromatic heterocycles. The Labute approximate surface area is 229 Å². The Bertz CT molecular complexity index is 735. The van der Waals surface area contributed by atoms with Crippen LogP contribution < -0.4 is 20.7 Å². The Morgan fingerprint density at radius 3 is 1.65 bits per heavy atom. The van der Waals surface area contributed by atoms with E-state index in [4.69, 9.17) is 0 Å². The van der Waals surface area contributed by atoms with Crippen molar-refractivity contribution in [1.82, 2.24) is 10.6 Å². The predicted molar refractivity (Wildman–Crippen MR) is 165 cm³/mol. The minimum atomic E-state index is -1.02. The molecule has 1 aromatic rings. The fraction of sp³-hybridized carbons (Fsp3) is 0.742. The Morgan fingerprint density at radius 1 is 0.784 bits per heavy atom. The largest absolute Gasteiger partial charge is 0.859 e. The van der Waals surface area contributed by atoms with Crippen LogP contribution in [0.4, 0.5) is 5.69 Å². The standard InChI is InChI=1S/C31H57N4OP/c1-8-11-14-21-37(22-15-12-9-2,23-16-13-10-3)25-28-17-19-29(20-18-28)35-30(36)24-32-31(33-26(4)5)34-27(6)7/h17-20,26-27H,8-16,21-25H2,1-7H3,(H2-,32,33,34,35,36)/p+1. The lowest BCUT2D eigenvalue weighted by Crippen LogP contribution is -2.82. The van der Waals surface area contributed by atoms with E-state index in [9.17, 15) is 5.11 Å². The van der Waals surface area contributed by atoms with Gasteiger partial charge < -0.3 is 5.11 Å². The van der Waals surface area contributed by atoms with Crippen LogP contribution in [0.1, 0.15) is 112 Å². The number of hydrogen-bond acceptors (Lipinski definition) is 2. The van der Waals surface area contributed by atoms with Crippen LogP contribution in [0, 0.1) is 0 Å². The van der Waals surface area contributed by atoms with E-state index in [0.29, 0.717) is 0 Å². The molecule has 0 fully saturated rings. The lowest BCUT2D eigenvalue weighted by Gasteiger charge is -2.28. The maximum atomic E-state index is 12.5. The van der Waals surface area contributed by atoms with Gasteiger partial charge in [0.2, 0.25) is 0 Å². The number of unbranched alkanes of at least 4 members (excludes halogenated alkanes) is 6. The first-order valence-corrected chi connectivity index (χ1v) is 17.6. The van der Waals surface area contributed by atoms with Gasteiger partial charge in [-0.25, -0.2) is 0 Å². The Balaban J connectivity index is 2.97. The summed E-state index contributed by atoms with van der Waals surface area (Å²) in [5.74, 6) is 0.611. The zero-order chi connectivity index (χ0) is 27.5. The highest BCUT2D eigenvalue weighted by atomic mass is 31.2. The average molecular weight is 534 g/mol. The van der Waals surface area contributed by atoms with Crippen molar-refractivity contribution < 1.29 is 10.1 Å². The zero-order valence-electron chi connectivity index (χ0n) is 25.2. The van der Waals surface area contributed by atoms with E-state index in [0.717, 1.165) is 11.6 Å². The molecule has 5 nitrogen and oxygen atoms in total. The minimum absolute atomic E-state index is 0.164. The third-order valence-electron chi connectivity index (χ3n) is 6.70. The maximum Gasteiger partial charge on any atom is 0.344 e. The molecule has 0 aliphatic heterocycles. The van der Waals surface area contributed by atoms with Crippen LogP contribution in [-0.4, -0.2) is 49.0 Å². The molecule has 0 aliphatic rings. The molecule has 212 valence electrons. The smallest absolute Gasteiger partial charge is 0.344 e. The summed E-state index contributed by atoms with van der Waals surface area (Å²) in [6.07, 6.45) is 17.7. The molecule has 0 heterocycles. The number of hydrogen-bond donors (Lipinski definition) is 3. The van der Waals surface area contributed by atoms with E-state index >= 15 is 0 Å². The Hall–Kier alpha value is -1.61. The normalized spacial score (nSPS) is 12.3. The summed E-state index contributed by atoms with van der Waals surface area (Å²) < 4.78 is 0. The van der Waals surface area contributed by atoms with Crippen LogP contribution >= 0.6 is 7.26 Å². The van der Waals surface area contributed by atoms with Gasteiger partial charge in [-0.05, 0) is 70.6 Å². The van der Waals surface area contributed by atoms with E-state index in [1.165, 1.54) is 88.0 Å². The van der Waals surface area contributed by atoms with Gasteiger partial charge in [-0.2, -0.15) is 0 Å². The lowest BCUT2D eigenvalue weighted by atomic mass is 10.2. The van der Waals surface area contributed by atoms with E-state index < -0.39 is 7.26 Å². The highest BCUT2D eigenvalue weighted by molar-refractivity contribution is 7.75. The van der Waals surface area contributed by atoms with Gasteiger partial charge >= 0.3 is 5.96 Å². The highest BCUT2D eigenvalue weighted by Gasteiger charge is 2.35. The van der Waals surface area contributed by atoms with Gasteiger partial charge in [-0.1, -0.05) is 71.4 Å². The minimum Gasteiger partial charge on any atom is -0.859 e. The van der Waals surface area contributed by atoms with Gasteiger partial charge in [-0.15, -0.1) is 0 Å². The quantitative estimate of drug-likeness (QED) is 0.0938. The van der Waals surface area contributed by atoms with Crippen LogP contribution in [0.25, 0.3) is 0 Å². The SMILES string of the molecule is CCCCC[P+](CCCCC)(CCCCC)Cc1ccc(N=C([O-])C[NH+]=C(NC(C)C)NC(C)C)cc1. The summed E-state index contributed by atoms with van der Waals surface area (Å²) in [6, 6.07) is 9.08. The van der Waals surface area contributed by atoms with Gasteiger partial charge in [0.15, 0.2) is 0 Å². The van der Waals surface area contributed by atoms with Gasteiger partial charge in [0.1, 0.15) is 0 Å². The van der Waals surface area contributed by atoms with Crippen LogP contribution in [-0.2, 0) is 6.16 Å². The number of nitrogens with zero attached hydrogens (tertiary/aromatic N) is 1. The molecule has 0 saturated heterocycles. The van der Waals surface area contributed by atoms with Crippen LogP contribution in [0.2, 0.25) is 0 Å². The first-order chi connectivity index (χ1) is 17.7. The second-order valence-electron chi connectivity index (χ2n) is 11.3. The van der Waals surface area contributed by atoms with Crippen molar-refractivity contribution in [2.45, 2.75) is 124 Å². The molecule has 37 heavy (non-hydrogen) atoms. The number of benzene rings is 1. The second-order valence-corrected chi connectivity index (χ2v) is 15.6. The van der Waals surface area contributed by atoms with Crippen molar-refractivity contribution in [2.24, 2.45) is 4.99 Å². The fourth-order valence-corrected chi connectivity index (χ4v) is 9.61. The molecule has 1 aromatic carbocycles. The van der Waals surface area contributed by atoms with Crippen molar-refractivity contribution in [3.8, 4) is 0 Å². The third kappa shape index (κ3) is 15.4. The molecule has 0 spiro atoms. The van der Waals surface area contributed by atoms with Gasteiger partial charge in [0, 0.05) is 7.26 Å². The number of rotatable bonds is 19. The summed E-state index contributed by atoms with van der Waals surface area (Å²) in [7, 11) is -1.02. The van der Waals surface area contributed by atoms with Crippen LogP contribution in [0.3, 0.4) is 0 Å². The molecular formula is C31H58N4OP+. The number of guanidine groups is 1. The van der Waals surface area contributed by atoms with E-state index in [-0.39, 0.29) is 24.5 Å². The molecular weight excluding hydrogens is 475 g/mol. The van der Waals surface area contributed by atoms with Crippen LogP contribution in [0.15, 0.2) is 29.3 Å². The first-order valence-electron chi connectivity index (χ1n) is 15.1. The summed E-state index contributed by atoms with van der Waals surface area (Å²) in [5, 5.41) is 19.2. The maximum absolute atomic E-state index is 12.5. The van der Waals surface area contributed by atoms with Crippen molar-refractivity contribution in [1.29, 1.82) is 0 Å². The molecule has 3 N–H and O–H groups in total. The highest BCUT2D eigenvalue weighted by Crippen LogP contribution is 2.63. The molecule has 0 bridgehead atoms. The molecule has 0 atom stereocenters. The van der Waals surface area contributed by atoms with E-state index in [1.54, 1.807) is 0 Å². The van der Waals surface area contributed by atoms with Gasteiger partial charge in [0.25, 0.3) is 0 Å². The number of nitrogens with one attached hydrogen (secondary N) is 3. The van der Waals surface area contributed by atoms with Gasteiger partial charge in [0.05, 0.1) is 49.0 Å². The summed E-state index contributed by atoms with van der Waals surface area (Å²) in [4.78, 5) is 7.52. The third-order valence-corrected chi connectivity index (χ3v) is 11.5. The Kier molecular flexibility index (Phi) is 17.6. The lowest BCUT2D eigenvalue weighted by molar-refractivity contribution is -0.456. The first kappa shape index (κ1) is 33.4. The molecule has 0 aliphatic carbocycles. The fourth-order valence-electron chi connectivity index (χ4n) is 4.80. The molecule has 0 unspecified atom stereocenters. The zero-order valence-corrected chi connectivity index (χ0v) is 26.1. The predicted octanol–water partition coefficient (Wildman–Crippen LogP) is 5.60.